The van der Waals surface area contributed by atoms with E-state index >= 15 is 0 Å². The molecular formula is C12H8Cl2O5S2. The van der Waals surface area contributed by atoms with Crippen LogP contribution in [0.15, 0.2) is 58.3 Å². The minimum Gasteiger partial charge on any atom is -0.193 e. The predicted octanol–water partition coefficient (Wildman–Crippen LogP) is 3.09. The van der Waals surface area contributed by atoms with Crippen molar-refractivity contribution in [1.29, 1.82) is 0 Å². The first-order valence-corrected chi connectivity index (χ1v) is 9.01. The summed E-state index contributed by atoms with van der Waals surface area (Å²) in [6, 6.07) is 10.4. The van der Waals surface area contributed by atoms with E-state index in [9.17, 15) is 16.8 Å². The smallest absolute Gasteiger partial charge is 0.193 e. The van der Waals surface area contributed by atoms with Crippen LogP contribution in [0.5, 0.6) is 0 Å². The Morgan fingerprint density at radius 2 is 1.48 bits per heavy atom. The molecule has 0 heterocycles. The second kappa shape index (κ2) is 5.94. The van der Waals surface area contributed by atoms with Gasteiger partial charge < -0.3 is 0 Å². The molecule has 0 fully saturated rings. The Morgan fingerprint density at radius 1 is 0.810 bits per heavy atom. The zero-order valence-electron chi connectivity index (χ0n) is 10.2. The maximum atomic E-state index is 12.0. The Hall–Kier alpha value is -1.12. The highest BCUT2D eigenvalue weighted by molar-refractivity contribution is 8.00. The zero-order valence-corrected chi connectivity index (χ0v) is 13.4. The molecule has 2 aromatic carbocycles. The van der Waals surface area contributed by atoms with Crippen molar-refractivity contribution in [2.45, 2.75) is 9.79 Å². The quantitative estimate of drug-likeness (QED) is 0.830. The summed E-state index contributed by atoms with van der Waals surface area (Å²) in [6.07, 6.45) is 0. The van der Waals surface area contributed by atoms with Crippen molar-refractivity contribution in [2.24, 2.45) is 0 Å². The van der Waals surface area contributed by atoms with Crippen LogP contribution in [-0.4, -0.2) is 16.8 Å². The predicted molar refractivity (Wildman–Crippen MR) is 78.4 cm³/mol. The standard InChI is InChI=1S/C12H8Cl2O5S2/c13-9-4-3-5-10(8-9)20(15,16)19-21(17,18)12-7-2-1-6-11(12)14/h1-8H. The molecule has 0 aliphatic carbocycles. The van der Waals surface area contributed by atoms with Crippen LogP contribution in [0, 0.1) is 0 Å². The second-order valence-electron chi connectivity index (χ2n) is 3.86. The van der Waals surface area contributed by atoms with Gasteiger partial charge in [0, 0.05) is 5.02 Å². The van der Waals surface area contributed by atoms with Crippen LogP contribution in [0.4, 0.5) is 0 Å². The summed E-state index contributed by atoms with van der Waals surface area (Å²) in [4.78, 5) is -0.803. The topological polar surface area (TPSA) is 77.5 Å². The van der Waals surface area contributed by atoms with Crippen LogP contribution in [0.25, 0.3) is 0 Å². The third-order valence-electron chi connectivity index (χ3n) is 2.37. The molecule has 0 saturated carbocycles. The SMILES string of the molecule is O=S(=O)(OS(=O)(=O)c1ccccc1Cl)c1cccc(Cl)c1. The van der Waals surface area contributed by atoms with Crippen LogP contribution in [-0.2, 0) is 23.9 Å². The normalized spacial score (nSPS) is 12.3. The Morgan fingerprint density at radius 3 is 2.10 bits per heavy atom. The molecule has 0 amide bonds. The Labute approximate surface area is 132 Å². The Bertz CT molecular complexity index is 876. The fourth-order valence-corrected chi connectivity index (χ4v) is 4.76. The van der Waals surface area contributed by atoms with Gasteiger partial charge in [-0.05, 0) is 30.3 Å². The highest BCUT2D eigenvalue weighted by Crippen LogP contribution is 2.26. The average molecular weight is 367 g/mol. The molecule has 0 aromatic heterocycles. The molecule has 2 rings (SSSR count). The minimum atomic E-state index is -4.57. The van der Waals surface area contributed by atoms with Crippen molar-refractivity contribution in [2.75, 3.05) is 0 Å². The summed E-state index contributed by atoms with van der Waals surface area (Å²) in [5.74, 6) is 0. The van der Waals surface area contributed by atoms with Gasteiger partial charge in [0.25, 0.3) is 0 Å². The molecule has 0 bridgehead atoms. The Balaban J connectivity index is 2.43. The fourth-order valence-electron chi connectivity index (χ4n) is 1.46. The molecule has 0 N–H and O–H groups in total. The number of benzene rings is 2. The van der Waals surface area contributed by atoms with E-state index in [2.05, 4.69) is 3.63 Å². The molecule has 5 nitrogen and oxygen atoms in total. The summed E-state index contributed by atoms with van der Waals surface area (Å²) < 4.78 is 52.3. The fraction of sp³-hybridized carbons (Fsp3) is 0. The first-order chi connectivity index (χ1) is 9.72. The minimum absolute atomic E-state index is 0.134. The molecule has 0 saturated heterocycles. The van der Waals surface area contributed by atoms with Crippen molar-refractivity contribution < 1.29 is 20.5 Å². The molecule has 0 radical (unpaired) electrons. The first kappa shape index (κ1) is 16.3. The molecule has 0 unspecified atom stereocenters. The number of rotatable bonds is 4. The molecule has 0 atom stereocenters. The van der Waals surface area contributed by atoms with Crippen molar-refractivity contribution in [3.05, 3.63) is 58.6 Å². The summed E-state index contributed by atoms with van der Waals surface area (Å²) in [5, 5.41) is -0.00592. The van der Waals surface area contributed by atoms with E-state index in [1.54, 1.807) is 0 Å². The van der Waals surface area contributed by atoms with E-state index in [0.29, 0.717) is 0 Å². The summed E-state index contributed by atoms with van der Waals surface area (Å²) in [5.41, 5.74) is 0. The number of halogens is 2. The van der Waals surface area contributed by atoms with Gasteiger partial charge in [0.2, 0.25) is 0 Å². The number of hydrogen-bond acceptors (Lipinski definition) is 5. The van der Waals surface area contributed by atoms with E-state index in [0.717, 1.165) is 12.1 Å². The lowest BCUT2D eigenvalue weighted by molar-refractivity contribution is 0.462. The van der Waals surface area contributed by atoms with Gasteiger partial charge in [-0.1, -0.05) is 41.4 Å². The largest absolute Gasteiger partial charge is 0.313 e. The Kier molecular flexibility index (Phi) is 4.60. The van der Waals surface area contributed by atoms with E-state index in [1.807, 2.05) is 0 Å². The van der Waals surface area contributed by atoms with Gasteiger partial charge in [-0.15, -0.1) is 3.63 Å². The van der Waals surface area contributed by atoms with Gasteiger partial charge in [0.05, 0.1) is 9.92 Å². The van der Waals surface area contributed by atoms with Gasteiger partial charge in [-0.3, -0.25) is 0 Å². The molecule has 0 aliphatic heterocycles. The number of hydrogen-bond donors (Lipinski definition) is 0. The monoisotopic (exact) mass is 366 g/mol. The van der Waals surface area contributed by atoms with Gasteiger partial charge in [0.15, 0.2) is 0 Å². The van der Waals surface area contributed by atoms with Crippen LogP contribution < -0.4 is 0 Å². The van der Waals surface area contributed by atoms with E-state index < -0.39 is 25.1 Å². The lowest BCUT2D eigenvalue weighted by Crippen LogP contribution is -2.14. The van der Waals surface area contributed by atoms with Gasteiger partial charge in [-0.2, -0.15) is 16.8 Å². The highest BCUT2D eigenvalue weighted by Gasteiger charge is 2.28. The molecule has 0 aliphatic rings. The van der Waals surface area contributed by atoms with Crippen LogP contribution in [0.1, 0.15) is 0 Å². The average Bonchev–Trinajstić information content (AvgIpc) is 2.37. The highest BCUT2D eigenvalue weighted by atomic mass is 35.5. The molecule has 112 valence electrons. The van der Waals surface area contributed by atoms with Crippen molar-refractivity contribution >= 4 is 43.4 Å². The lowest BCUT2D eigenvalue weighted by Gasteiger charge is -2.07. The maximum Gasteiger partial charge on any atom is 0.313 e. The van der Waals surface area contributed by atoms with Crippen molar-refractivity contribution in [3.8, 4) is 0 Å². The lowest BCUT2D eigenvalue weighted by atomic mass is 10.4. The molecule has 2 aromatic rings. The third-order valence-corrected chi connectivity index (χ3v) is 6.21. The molecular weight excluding hydrogens is 359 g/mol. The van der Waals surface area contributed by atoms with Crippen molar-refractivity contribution in [3.63, 3.8) is 0 Å². The van der Waals surface area contributed by atoms with E-state index in [4.69, 9.17) is 23.2 Å². The van der Waals surface area contributed by atoms with Gasteiger partial charge in [-0.25, -0.2) is 0 Å². The summed E-state index contributed by atoms with van der Waals surface area (Å²) in [6.45, 7) is 0. The summed E-state index contributed by atoms with van der Waals surface area (Å²) >= 11 is 11.4. The second-order valence-corrected chi connectivity index (χ2v) is 7.98. The molecule has 9 heteroatoms. The third kappa shape index (κ3) is 3.75. The van der Waals surface area contributed by atoms with Crippen LogP contribution in [0.3, 0.4) is 0 Å². The maximum absolute atomic E-state index is 12.0. The summed E-state index contributed by atoms with van der Waals surface area (Å²) in [7, 11) is -9.11. The van der Waals surface area contributed by atoms with Gasteiger partial charge >= 0.3 is 20.2 Å². The van der Waals surface area contributed by atoms with Gasteiger partial charge in [0.1, 0.15) is 4.90 Å². The first-order valence-electron chi connectivity index (χ1n) is 5.43. The van der Waals surface area contributed by atoms with E-state index in [-0.39, 0.29) is 14.9 Å². The van der Waals surface area contributed by atoms with Crippen LogP contribution in [0.2, 0.25) is 10.0 Å². The molecule has 0 spiro atoms. The van der Waals surface area contributed by atoms with Crippen molar-refractivity contribution in [1.82, 2.24) is 0 Å². The molecule has 21 heavy (non-hydrogen) atoms. The zero-order chi connectivity index (χ0) is 15.7. The van der Waals surface area contributed by atoms with E-state index in [1.165, 1.54) is 36.4 Å². The van der Waals surface area contributed by atoms with Crippen LogP contribution >= 0.6 is 23.2 Å².